The minimum atomic E-state index is -0.368. The molecular formula is C14H14ClN5O. The van der Waals surface area contributed by atoms with Crippen LogP contribution >= 0.6 is 11.6 Å². The summed E-state index contributed by atoms with van der Waals surface area (Å²) < 4.78 is 1.55. The SMILES string of the molecule is C[C@H](N)c1nc2cccc(Cl)c2c(=O)n1Cc1cn[nH]c1. The summed E-state index contributed by atoms with van der Waals surface area (Å²) in [6.45, 7) is 2.14. The topological polar surface area (TPSA) is 89.6 Å². The van der Waals surface area contributed by atoms with Gasteiger partial charge in [-0.2, -0.15) is 5.10 Å². The van der Waals surface area contributed by atoms with E-state index in [1.807, 2.05) is 0 Å². The number of nitrogens with two attached hydrogens (primary N) is 1. The van der Waals surface area contributed by atoms with Crippen molar-refractivity contribution >= 4 is 22.5 Å². The Morgan fingerprint density at radius 2 is 2.29 bits per heavy atom. The molecule has 0 bridgehead atoms. The molecule has 0 radical (unpaired) electrons. The Morgan fingerprint density at radius 3 is 2.95 bits per heavy atom. The molecule has 21 heavy (non-hydrogen) atoms. The molecule has 0 unspecified atom stereocenters. The number of benzene rings is 1. The minimum Gasteiger partial charge on any atom is -0.322 e. The molecule has 7 heteroatoms. The Hall–Kier alpha value is -2.18. The lowest BCUT2D eigenvalue weighted by Gasteiger charge is -2.15. The summed E-state index contributed by atoms with van der Waals surface area (Å²) in [6.07, 6.45) is 3.39. The Bertz CT molecular complexity index is 838. The van der Waals surface area contributed by atoms with Gasteiger partial charge in [0.05, 0.1) is 34.7 Å². The van der Waals surface area contributed by atoms with Crippen molar-refractivity contribution in [2.75, 3.05) is 0 Å². The van der Waals surface area contributed by atoms with E-state index in [-0.39, 0.29) is 11.6 Å². The summed E-state index contributed by atoms with van der Waals surface area (Å²) in [5.74, 6) is 0.524. The van der Waals surface area contributed by atoms with Gasteiger partial charge in [0, 0.05) is 11.8 Å². The van der Waals surface area contributed by atoms with E-state index in [0.29, 0.717) is 28.3 Å². The maximum absolute atomic E-state index is 12.8. The highest BCUT2D eigenvalue weighted by molar-refractivity contribution is 6.35. The molecule has 0 aliphatic heterocycles. The molecule has 1 atom stereocenters. The number of rotatable bonds is 3. The fourth-order valence-corrected chi connectivity index (χ4v) is 2.54. The highest BCUT2D eigenvalue weighted by Crippen LogP contribution is 2.20. The minimum absolute atomic E-state index is 0.195. The number of aromatic nitrogens is 4. The third-order valence-corrected chi connectivity index (χ3v) is 3.58. The van der Waals surface area contributed by atoms with Gasteiger partial charge < -0.3 is 5.73 Å². The van der Waals surface area contributed by atoms with Crippen molar-refractivity contribution in [3.63, 3.8) is 0 Å². The number of hydrogen-bond donors (Lipinski definition) is 2. The zero-order valence-corrected chi connectivity index (χ0v) is 12.1. The second-order valence-electron chi connectivity index (χ2n) is 4.89. The van der Waals surface area contributed by atoms with Crippen LogP contribution in [0.4, 0.5) is 0 Å². The molecule has 0 fully saturated rings. The van der Waals surface area contributed by atoms with Gasteiger partial charge in [0.2, 0.25) is 0 Å². The maximum atomic E-state index is 12.8. The smallest absolute Gasteiger partial charge is 0.263 e. The molecule has 0 saturated heterocycles. The van der Waals surface area contributed by atoms with Gasteiger partial charge in [0.1, 0.15) is 5.82 Å². The van der Waals surface area contributed by atoms with E-state index < -0.39 is 0 Å². The Kier molecular flexibility index (Phi) is 3.48. The van der Waals surface area contributed by atoms with Gasteiger partial charge in [0.25, 0.3) is 5.56 Å². The van der Waals surface area contributed by atoms with Crippen LogP contribution in [0.2, 0.25) is 5.02 Å². The third-order valence-electron chi connectivity index (χ3n) is 3.26. The largest absolute Gasteiger partial charge is 0.322 e. The van der Waals surface area contributed by atoms with Crippen LogP contribution < -0.4 is 11.3 Å². The first-order valence-electron chi connectivity index (χ1n) is 6.50. The van der Waals surface area contributed by atoms with Crippen molar-refractivity contribution in [1.82, 2.24) is 19.7 Å². The van der Waals surface area contributed by atoms with E-state index >= 15 is 0 Å². The van der Waals surface area contributed by atoms with Crippen molar-refractivity contribution in [2.45, 2.75) is 19.5 Å². The first kappa shape index (κ1) is 13.8. The van der Waals surface area contributed by atoms with Gasteiger partial charge in [-0.25, -0.2) is 4.98 Å². The lowest BCUT2D eigenvalue weighted by Crippen LogP contribution is -2.29. The molecule has 1 aromatic carbocycles. The van der Waals surface area contributed by atoms with E-state index in [2.05, 4.69) is 15.2 Å². The number of hydrogen-bond acceptors (Lipinski definition) is 4. The van der Waals surface area contributed by atoms with E-state index in [1.165, 1.54) is 0 Å². The van der Waals surface area contributed by atoms with Gasteiger partial charge in [-0.1, -0.05) is 17.7 Å². The second kappa shape index (κ2) is 5.31. The number of H-pyrrole nitrogens is 1. The van der Waals surface area contributed by atoms with Gasteiger partial charge in [-0.05, 0) is 19.1 Å². The average Bonchev–Trinajstić information content (AvgIpc) is 2.94. The van der Waals surface area contributed by atoms with Crippen LogP contribution in [-0.4, -0.2) is 19.7 Å². The number of aromatic amines is 1. The lowest BCUT2D eigenvalue weighted by molar-refractivity contribution is 0.620. The average molecular weight is 304 g/mol. The van der Waals surface area contributed by atoms with E-state index in [4.69, 9.17) is 17.3 Å². The summed E-state index contributed by atoms with van der Waals surface area (Å²) in [4.78, 5) is 17.3. The highest BCUT2D eigenvalue weighted by atomic mass is 35.5. The Labute approximate surface area is 125 Å². The molecule has 0 aliphatic rings. The molecular weight excluding hydrogens is 290 g/mol. The number of halogens is 1. The van der Waals surface area contributed by atoms with E-state index in [0.717, 1.165) is 5.56 Å². The second-order valence-corrected chi connectivity index (χ2v) is 5.30. The van der Waals surface area contributed by atoms with Crippen molar-refractivity contribution in [2.24, 2.45) is 5.73 Å². The van der Waals surface area contributed by atoms with Crippen LogP contribution in [0.5, 0.6) is 0 Å². The van der Waals surface area contributed by atoms with Crippen LogP contribution in [0.25, 0.3) is 10.9 Å². The molecule has 0 spiro atoms. The number of fused-ring (bicyclic) bond motifs is 1. The van der Waals surface area contributed by atoms with Gasteiger partial charge in [-0.3, -0.25) is 14.5 Å². The quantitative estimate of drug-likeness (QED) is 0.772. The summed E-state index contributed by atoms with van der Waals surface area (Å²) in [7, 11) is 0. The summed E-state index contributed by atoms with van der Waals surface area (Å²) >= 11 is 6.14. The highest BCUT2D eigenvalue weighted by Gasteiger charge is 2.16. The first-order valence-corrected chi connectivity index (χ1v) is 6.88. The Morgan fingerprint density at radius 1 is 1.48 bits per heavy atom. The zero-order chi connectivity index (χ0) is 15.0. The molecule has 108 valence electrons. The van der Waals surface area contributed by atoms with Crippen LogP contribution in [0, 0.1) is 0 Å². The predicted molar refractivity (Wildman–Crippen MR) is 81.3 cm³/mol. The van der Waals surface area contributed by atoms with Crippen LogP contribution in [-0.2, 0) is 6.54 Å². The Balaban J connectivity index is 2.29. The predicted octanol–water partition coefficient (Wildman–Crippen LogP) is 1.84. The summed E-state index contributed by atoms with van der Waals surface area (Å²) in [6, 6.07) is 4.84. The molecule has 0 amide bonds. The van der Waals surface area contributed by atoms with Gasteiger partial charge >= 0.3 is 0 Å². The number of nitrogens with zero attached hydrogens (tertiary/aromatic N) is 3. The molecule has 6 nitrogen and oxygen atoms in total. The van der Waals surface area contributed by atoms with Crippen LogP contribution in [0.15, 0.2) is 35.4 Å². The fraction of sp³-hybridized carbons (Fsp3) is 0.214. The van der Waals surface area contributed by atoms with Crippen molar-refractivity contribution in [3.05, 3.63) is 57.4 Å². The molecule has 2 heterocycles. The van der Waals surface area contributed by atoms with Crippen molar-refractivity contribution in [3.8, 4) is 0 Å². The summed E-state index contributed by atoms with van der Waals surface area (Å²) in [5.41, 5.74) is 7.19. The monoisotopic (exact) mass is 303 g/mol. The molecule has 3 rings (SSSR count). The maximum Gasteiger partial charge on any atom is 0.263 e. The van der Waals surface area contributed by atoms with Crippen LogP contribution in [0.1, 0.15) is 24.4 Å². The normalized spacial score (nSPS) is 12.7. The standard InChI is InChI=1S/C14H14ClN5O/c1-8(16)13-19-11-4-2-3-10(15)12(11)14(21)20(13)7-9-5-17-18-6-9/h2-6,8H,7,16H2,1H3,(H,17,18)/t8-/m0/s1. The molecule has 0 aliphatic carbocycles. The van der Waals surface area contributed by atoms with E-state index in [9.17, 15) is 4.79 Å². The van der Waals surface area contributed by atoms with Crippen LogP contribution in [0.3, 0.4) is 0 Å². The lowest BCUT2D eigenvalue weighted by atomic mass is 10.2. The molecule has 3 aromatic rings. The van der Waals surface area contributed by atoms with Crippen molar-refractivity contribution in [1.29, 1.82) is 0 Å². The van der Waals surface area contributed by atoms with Gasteiger partial charge in [0.15, 0.2) is 0 Å². The zero-order valence-electron chi connectivity index (χ0n) is 11.4. The van der Waals surface area contributed by atoms with Gasteiger partial charge in [-0.15, -0.1) is 0 Å². The first-order chi connectivity index (χ1) is 10.1. The number of nitrogens with one attached hydrogen (secondary N) is 1. The molecule has 0 saturated carbocycles. The van der Waals surface area contributed by atoms with Crippen molar-refractivity contribution < 1.29 is 0 Å². The third kappa shape index (κ3) is 2.43. The molecule has 3 N–H and O–H groups in total. The fourth-order valence-electron chi connectivity index (χ4n) is 2.29. The molecule has 2 aromatic heterocycles. The summed E-state index contributed by atoms with van der Waals surface area (Å²) in [5, 5.41) is 7.41. The van der Waals surface area contributed by atoms with E-state index in [1.54, 1.807) is 42.1 Å².